The molecule has 3 aromatic rings. The number of methoxy groups -OCH3 is 3. The van der Waals surface area contributed by atoms with Crippen molar-refractivity contribution in [2.75, 3.05) is 32.0 Å². The third kappa shape index (κ3) is 4.35. The molecule has 3 aromatic carbocycles. The summed E-state index contributed by atoms with van der Waals surface area (Å²) in [6, 6.07) is 20.4. The van der Waals surface area contributed by atoms with Crippen molar-refractivity contribution in [3.63, 3.8) is 0 Å². The Hall–Kier alpha value is -3.67. The molecule has 0 heterocycles. The van der Waals surface area contributed by atoms with Crippen LogP contribution in [0.25, 0.3) is 0 Å². The SMILES string of the molecule is COc1cc(NC(=O)c2ccc(Nc3ccccc3)cc2)cc(OC)c1OC. The number of carbonyl (C=O) groups is 1. The van der Waals surface area contributed by atoms with Gasteiger partial charge in [-0.25, -0.2) is 0 Å². The molecule has 0 aromatic heterocycles. The number of rotatable bonds is 7. The van der Waals surface area contributed by atoms with E-state index in [2.05, 4.69) is 10.6 Å². The summed E-state index contributed by atoms with van der Waals surface area (Å²) in [4.78, 5) is 12.6. The van der Waals surface area contributed by atoms with Gasteiger partial charge >= 0.3 is 0 Å². The average molecular weight is 378 g/mol. The summed E-state index contributed by atoms with van der Waals surface area (Å²) in [5.74, 6) is 1.18. The largest absolute Gasteiger partial charge is 0.493 e. The molecular formula is C22H22N2O4. The first-order chi connectivity index (χ1) is 13.6. The minimum atomic E-state index is -0.236. The van der Waals surface area contributed by atoms with Gasteiger partial charge in [0, 0.05) is 34.8 Å². The van der Waals surface area contributed by atoms with Crippen LogP contribution in [0.3, 0.4) is 0 Å². The van der Waals surface area contributed by atoms with E-state index in [1.807, 2.05) is 42.5 Å². The van der Waals surface area contributed by atoms with E-state index in [0.717, 1.165) is 11.4 Å². The molecule has 3 rings (SSSR count). The van der Waals surface area contributed by atoms with Gasteiger partial charge in [-0.2, -0.15) is 0 Å². The summed E-state index contributed by atoms with van der Waals surface area (Å²) in [5.41, 5.74) is 2.96. The lowest BCUT2D eigenvalue weighted by Gasteiger charge is -2.14. The number of anilines is 3. The van der Waals surface area contributed by atoms with E-state index < -0.39 is 0 Å². The highest BCUT2D eigenvalue weighted by Crippen LogP contribution is 2.40. The van der Waals surface area contributed by atoms with Crippen molar-refractivity contribution in [1.82, 2.24) is 0 Å². The molecule has 28 heavy (non-hydrogen) atoms. The van der Waals surface area contributed by atoms with Crippen LogP contribution < -0.4 is 24.8 Å². The number of ether oxygens (including phenoxy) is 3. The molecule has 0 aliphatic carbocycles. The van der Waals surface area contributed by atoms with Crippen LogP contribution >= 0.6 is 0 Å². The summed E-state index contributed by atoms with van der Waals surface area (Å²) in [7, 11) is 4.59. The van der Waals surface area contributed by atoms with Gasteiger partial charge < -0.3 is 24.8 Å². The molecule has 0 bridgehead atoms. The van der Waals surface area contributed by atoms with E-state index >= 15 is 0 Å². The zero-order valence-electron chi connectivity index (χ0n) is 16.0. The van der Waals surface area contributed by atoms with Crippen LogP contribution in [0.5, 0.6) is 17.2 Å². The Balaban J connectivity index is 1.74. The average Bonchev–Trinajstić information content (AvgIpc) is 2.74. The Bertz CT molecular complexity index is 916. The number of carbonyl (C=O) groups excluding carboxylic acids is 1. The van der Waals surface area contributed by atoms with Gasteiger partial charge in [0.05, 0.1) is 21.3 Å². The second-order valence-corrected chi connectivity index (χ2v) is 5.94. The van der Waals surface area contributed by atoms with Crippen LogP contribution in [0, 0.1) is 0 Å². The number of amides is 1. The van der Waals surface area contributed by atoms with Crippen LogP contribution in [0.2, 0.25) is 0 Å². The molecule has 2 N–H and O–H groups in total. The van der Waals surface area contributed by atoms with Crippen LogP contribution in [0.1, 0.15) is 10.4 Å². The van der Waals surface area contributed by atoms with E-state index in [9.17, 15) is 4.79 Å². The standard InChI is InChI=1S/C22H22N2O4/c1-26-19-13-18(14-20(27-2)21(19)28-3)24-22(25)15-9-11-17(12-10-15)23-16-7-5-4-6-8-16/h4-14,23H,1-3H3,(H,24,25). The molecule has 0 spiro atoms. The maximum atomic E-state index is 12.6. The Kier molecular flexibility index (Phi) is 6.01. The minimum absolute atomic E-state index is 0.236. The van der Waals surface area contributed by atoms with Gasteiger partial charge in [0.25, 0.3) is 5.91 Å². The van der Waals surface area contributed by atoms with Gasteiger partial charge in [0.15, 0.2) is 11.5 Å². The van der Waals surface area contributed by atoms with Crippen LogP contribution in [0.15, 0.2) is 66.7 Å². The quantitative estimate of drug-likeness (QED) is 0.623. The molecule has 0 saturated carbocycles. The zero-order chi connectivity index (χ0) is 19.9. The molecule has 6 nitrogen and oxygen atoms in total. The predicted octanol–water partition coefficient (Wildman–Crippen LogP) is 4.71. The Morgan fingerprint density at radius 3 is 1.82 bits per heavy atom. The zero-order valence-corrected chi connectivity index (χ0v) is 16.0. The molecule has 0 aliphatic rings. The van der Waals surface area contributed by atoms with Gasteiger partial charge in [-0.1, -0.05) is 18.2 Å². The summed E-state index contributed by atoms with van der Waals surface area (Å²) in [6.07, 6.45) is 0. The predicted molar refractivity (Wildman–Crippen MR) is 110 cm³/mol. The third-order valence-electron chi connectivity index (χ3n) is 4.13. The van der Waals surface area contributed by atoms with Crippen LogP contribution in [-0.2, 0) is 0 Å². The van der Waals surface area contributed by atoms with Gasteiger partial charge in [-0.05, 0) is 36.4 Å². The highest BCUT2D eigenvalue weighted by atomic mass is 16.5. The van der Waals surface area contributed by atoms with Crippen LogP contribution in [0.4, 0.5) is 17.1 Å². The molecule has 0 aliphatic heterocycles. The Morgan fingerprint density at radius 1 is 0.714 bits per heavy atom. The Morgan fingerprint density at radius 2 is 1.29 bits per heavy atom. The second-order valence-electron chi connectivity index (χ2n) is 5.94. The van der Waals surface area contributed by atoms with E-state index in [0.29, 0.717) is 28.5 Å². The van der Waals surface area contributed by atoms with Crippen LogP contribution in [-0.4, -0.2) is 27.2 Å². The van der Waals surface area contributed by atoms with Crippen molar-refractivity contribution in [2.24, 2.45) is 0 Å². The lowest BCUT2D eigenvalue weighted by atomic mass is 10.1. The molecular weight excluding hydrogens is 356 g/mol. The summed E-state index contributed by atoms with van der Waals surface area (Å²) >= 11 is 0. The smallest absolute Gasteiger partial charge is 0.255 e. The maximum absolute atomic E-state index is 12.6. The monoisotopic (exact) mass is 378 g/mol. The normalized spacial score (nSPS) is 10.1. The third-order valence-corrected chi connectivity index (χ3v) is 4.13. The van der Waals surface area contributed by atoms with E-state index in [4.69, 9.17) is 14.2 Å². The minimum Gasteiger partial charge on any atom is -0.493 e. The molecule has 0 saturated heterocycles. The van der Waals surface area contributed by atoms with Crippen molar-refractivity contribution < 1.29 is 19.0 Å². The topological polar surface area (TPSA) is 68.8 Å². The first-order valence-corrected chi connectivity index (χ1v) is 8.68. The molecule has 144 valence electrons. The summed E-state index contributed by atoms with van der Waals surface area (Å²) in [6.45, 7) is 0. The highest BCUT2D eigenvalue weighted by molar-refractivity contribution is 6.04. The highest BCUT2D eigenvalue weighted by Gasteiger charge is 2.15. The number of benzene rings is 3. The summed E-state index contributed by atoms with van der Waals surface area (Å²) in [5, 5.41) is 6.14. The van der Waals surface area contributed by atoms with Gasteiger partial charge in [0.1, 0.15) is 0 Å². The van der Waals surface area contributed by atoms with Gasteiger partial charge in [-0.15, -0.1) is 0 Å². The molecule has 0 unspecified atom stereocenters. The first-order valence-electron chi connectivity index (χ1n) is 8.68. The second kappa shape index (κ2) is 8.81. The Labute approximate surface area is 164 Å². The van der Waals surface area contributed by atoms with E-state index in [1.165, 1.54) is 21.3 Å². The summed E-state index contributed by atoms with van der Waals surface area (Å²) < 4.78 is 15.9. The number of hydrogen-bond acceptors (Lipinski definition) is 5. The lowest BCUT2D eigenvalue weighted by Crippen LogP contribution is -2.12. The van der Waals surface area contributed by atoms with Crippen molar-refractivity contribution in [2.45, 2.75) is 0 Å². The van der Waals surface area contributed by atoms with Crippen molar-refractivity contribution in [3.05, 3.63) is 72.3 Å². The first kappa shape index (κ1) is 19.1. The molecule has 0 radical (unpaired) electrons. The van der Waals surface area contributed by atoms with E-state index in [1.54, 1.807) is 24.3 Å². The molecule has 6 heteroatoms. The van der Waals surface area contributed by atoms with Crippen molar-refractivity contribution in [3.8, 4) is 17.2 Å². The van der Waals surface area contributed by atoms with E-state index in [-0.39, 0.29) is 5.91 Å². The fraction of sp³-hybridized carbons (Fsp3) is 0.136. The molecule has 0 atom stereocenters. The van der Waals surface area contributed by atoms with Crippen molar-refractivity contribution >= 4 is 23.0 Å². The maximum Gasteiger partial charge on any atom is 0.255 e. The lowest BCUT2D eigenvalue weighted by molar-refractivity contribution is 0.102. The number of para-hydroxylation sites is 1. The fourth-order valence-corrected chi connectivity index (χ4v) is 2.75. The molecule has 1 amide bonds. The molecule has 0 fully saturated rings. The number of nitrogens with one attached hydrogen (secondary N) is 2. The number of hydrogen-bond donors (Lipinski definition) is 2. The fourth-order valence-electron chi connectivity index (χ4n) is 2.75. The van der Waals surface area contributed by atoms with Gasteiger partial charge in [0.2, 0.25) is 5.75 Å². The van der Waals surface area contributed by atoms with Crippen molar-refractivity contribution in [1.29, 1.82) is 0 Å². The van der Waals surface area contributed by atoms with Gasteiger partial charge in [-0.3, -0.25) is 4.79 Å².